The predicted molar refractivity (Wildman–Crippen MR) is 65.0 cm³/mol. The quantitative estimate of drug-likeness (QED) is 0.847. The fourth-order valence-corrected chi connectivity index (χ4v) is 2.59. The number of rotatable bonds is 5. The summed E-state index contributed by atoms with van der Waals surface area (Å²) in [6, 6.07) is 4.16. The van der Waals surface area contributed by atoms with Crippen LogP contribution in [-0.2, 0) is 0 Å². The molecule has 3 rings (SSSR count). The molecular weight excluding hydrogens is 215 g/mol. The molecule has 0 spiro atoms. The van der Waals surface area contributed by atoms with Crippen molar-refractivity contribution < 1.29 is 4.39 Å². The first-order chi connectivity index (χ1) is 8.24. The van der Waals surface area contributed by atoms with Crippen LogP contribution in [0.1, 0.15) is 44.3 Å². The number of halogens is 1. The Morgan fingerprint density at radius 1 is 1.24 bits per heavy atom. The van der Waals surface area contributed by atoms with E-state index in [9.17, 15) is 4.39 Å². The summed E-state index contributed by atoms with van der Waals surface area (Å²) in [5, 5.41) is 3.69. The molecule has 0 radical (unpaired) electrons. The van der Waals surface area contributed by atoms with Crippen LogP contribution in [-0.4, -0.2) is 11.0 Å². The Labute approximate surface area is 102 Å². The molecule has 1 atom stereocenters. The van der Waals surface area contributed by atoms with Crippen LogP contribution < -0.4 is 5.32 Å². The van der Waals surface area contributed by atoms with Gasteiger partial charge in [0.25, 0.3) is 0 Å². The monoisotopic (exact) mass is 234 g/mol. The summed E-state index contributed by atoms with van der Waals surface area (Å²) in [7, 11) is 0. The largest absolute Gasteiger partial charge is 0.306 e. The van der Waals surface area contributed by atoms with Gasteiger partial charge < -0.3 is 5.32 Å². The van der Waals surface area contributed by atoms with Crippen molar-refractivity contribution in [2.24, 2.45) is 11.8 Å². The van der Waals surface area contributed by atoms with E-state index in [1.165, 1.54) is 37.9 Å². The first-order valence-corrected chi connectivity index (χ1v) is 6.61. The standard InChI is InChI=1S/C14H19FN2/c1-9(13-7-6-12(15)8-16-13)17-14(10-2-3-10)11-4-5-11/h6-11,14,17H,2-5H2,1H3. The molecule has 1 aromatic rings. The van der Waals surface area contributed by atoms with Gasteiger partial charge in [-0.1, -0.05) is 0 Å². The van der Waals surface area contributed by atoms with Crippen molar-refractivity contribution in [3.8, 4) is 0 Å². The van der Waals surface area contributed by atoms with Crippen molar-refractivity contribution >= 4 is 0 Å². The molecule has 1 aromatic heterocycles. The average molecular weight is 234 g/mol. The third-order valence-corrected chi connectivity index (χ3v) is 3.90. The third-order valence-electron chi connectivity index (χ3n) is 3.90. The molecule has 0 bridgehead atoms. The number of nitrogens with zero attached hydrogens (tertiary/aromatic N) is 1. The molecule has 2 fully saturated rings. The van der Waals surface area contributed by atoms with Gasteiger partial charge in [0.1, 0.15) is 5.82 Å². The summed E-state index contributed by atoms with van der Waals surface area (Å²) in [6.07, 6.45) is 6.79. The lowest BCUT2D eigenvalue weighted by molar-refractivity contribution is 0.373. The van der Waals surface area contributed by atoms with Crippen molar-refractivity contribution in [2.75, 3.05) is 0 Å². The van der Waals surface area contributed by atoms with E-state index >= 15 is 0 Å². The smallest absolute Gasteiger partial charge is 0.141 e. The Morgan fingerprint density at radius 2 is 1.88 bits per heavy atom. The van der Waals surface area contributed by atoms with E-state index in [2.05, 4.69) is 17.2 Å². The normalized spacial score (nSPS) is 21.8. The molecule has 2 nitrogen and oxygen atoms in total. The molecule has 92 valence electrons. The van der Waals surface area contributed by atoms with Gasteiger partial charge in [-0.2, -0.15) is 0 Å². The highest BCUT2D eigenvalue weighted by Crippen LogP contribution is 2.45. The summed E-state index contributed by atoms with van der Waals surface area (Å²) < 4.78 is 12.8. The molecule has 0 saturated heterocycles. The zero-order valence-corrected chi connectivity index (χ0v) is 10.2. The molecule has 0 amide bonds. The molecule has 1 N–H and O–H groups in total. The molecule has 0 aliphatic heterocycles. The lowest BCUT2D eigenvalue weighted by Crippen LogP contribution is -2.35. The molecule has 17 heavy (non-hydrogen) atoms. The van der Waals surface area contributed by atoms with Crippen molar-refractivity contribution in [1.82, 2.24) is 10.3 Å². The van der Waals surface area contributed by atoms with E-state index in [1.807, 2.05) is 0 Å². The highest BCUT2D eigenvalue weighted by atomic mass is 19.1. The van der Waals surface area contributed by atoms with Crippen LogP contribution in [0.25, 0.3) is 0 Å². The molecule has 2 aliphatic rings. The van der Waals surface area contributed by atoms with Crippen LogP contribution in [0.2, 0.25) is 0 Å². The number of aromatic nitrogens is 1. The molecule has 0 aromatic carbocycles. The fraction of sp³-hybridized carbons (Fsp3) is 0.643. The van der Waals surface area contributed by atoms with Gasteiger partial charge in [0, 0.05) is 12.1 Å². The first kappa shape index (κ1) is 11.1. The molecular formula is C14H19FN2. The summed E-state index contributed by atoms with van der Waals surface area (Å²) in [5.41, 5.74) is 0.942. The Balaban J connectivity index is 1.64. The molecule has 2 saturated carbocycles. The van der Waals surface area contributed by atoms with Crippen LogP contribution in [0, 0.1) is 17.7 Å². The maximum absolute atomic E-state index is 12.8. The van der Waals surface area contributed by atoms with Gasteiger partial charge in [0.05, 0.1) is 11.9 Å². The minimum Gasteiger partial charge on any atom is -0.306 e. The Morgan fingerprint density at radius 3 is 2.35 bits per heavy atom. The van der Waals surface area contributed by atoms with Crippen molar-refractivity contribution in [3.63, 3.8) is 0 Å². The summed E-state index contributed by atoms with van der Waals surface area (Å²) in [5.74, 6) is 1.50. The number of hydrogen-bond donors (Lipinski definition) is 1. The van der Waals surface area contributed by atoms with Crippen LogP contribution in [0.4, 0.5) is 4.39 Å². The number of nitrogens with one attached hydrogen (secondary N) is 1. The lowest BCUT2D eigenvalue weighted by Gasteiger charge is -2.22. The molecule has 1 unspecified atom stereocenters. The highest BCUT2D eigenvalue weighted by Gasteiger charge is 2.41. The SMILES string of the molecule is CC(NC(C1CC1)C1CC1)c1ccc(F)cn1. The highest BCUT2D eigenvalue weighted by molar-refractivity contribution is 5.10. The molecule has 3 heteroatoms. The number of hydrogen-bond acceptors (Lipinski definition) is 2. The average Bonchev–Trinajstić information content (AvgIpc) is 3.17. The minimum atomic E-state index is -0.262. The van der Waals surface area contributed by atoms with Gasteiger partial charge in [-0.15, -0.1) is 0 Å². The molecule has 1 heterocycles. The maximum atomic E-state index is 12.8. The lowest BCUT2D eigenvalue weighted by atomic mass is 10.1. The summed E-state index contributed by atoms with van der Waals surface area (Å²) in [4.78, 5) is 4.15. The Bertz CT molecular complexity index is 370. The van der Waals surface area contributed by atoms with Crippen LogP contribution in [0.5, 0.6) is 0 Å². The van der Waals surface area contributed by atoms with Gasteiger partial charge in [0.2, 0.25) is 0 Å². The number of pyridine rings is 1. The van der Waals surface area contributed by atoms with Gasteiger partial charge in [-0.3, -0.25) is 4.98 Å². The summed E-state index contributed by atoms with van der Waals surface area (Å²) >= 11 is 0. The predicted octanol–water partition coefficient (Wildman–Crippen LogP) is 3.06. The molecule has 2 aliphatic carbocycles. The fourth-order valence-electron chi connectivity index (χ4n) is 2.59. The second kappa shape index (κ2) is 4.37. The second-order valence-electron chi connectivity index (χ2n) is 5.49. The van der Waals surface area contributed by atoms with E-state index in [-0.39, 0.29) is 11.9 Å². The minimum absolute atomic E-state index is 0.224. The van der Waals surface area contributed by atoms with Crippen molar-refractivity contribution in [1.29, 1.82) is 0 Å². The summed E-state index contributed by atoms with van der Waals surface area (Å²) in [6.45, 7) is 2.12. The third kappa shape index (κ3) is 2.65. The van der Waals surface area contributed by atoms with Crippen molar-refractivity contribution in [3.05, 3.63) is 29.8 Å². The van der Waals surface area contributed by atoms with Crippen molar-refractivity contribution in [2.45, 2.75) is 44.7 Å². The second-order valence-corrected chi connectivity index (χ2v) is 5.49. The van der Waals surface area contributed by atoms with Crippen LogP contribution in [0.15, 0.2) is 18.3 Å². The van der Waals surface area contributed by atoms with E-state index < -0.39 is 0 Å². The van der Waals surface area contributed by atoms with E-state index in [1.54, 1.807) is 6.07 Å². The van der Waals surface area contributed by atoms with E-state index in [0.29, 0.717) is 6.04 Å². The van der Waals surface area contributed by atoms with Gasteiger partial charge in [0.15, 0.2) is 0 Å². The van der Waals surface area contributed by atoms with E-state index in [0.717, 1.165) is 17.5 Å². The van der Waals surface area contributed by atoms with Crippen LogP contribution >= 0.6 is 0 Å². The van der Waals surface area contributed by atoms with Gasteiger partial charge >= 0.3 is 0 Å². The van der Waals surface area contributed by atoms with E-state index in [4.69, 9.17) is 0 Å². The zero-order valence-electron chi connectivity index (χ0n) is 10.2. The maximum Gasteiger partial charge on any atom is 0.141 e. The van der Waals surface area contributed by atoms with Gasteiger partial charge in [-0.25, -0.2) is 4.39 Å². The first-order valence-electron chi connectivity index (χ1n) is 6.61. The van der Waals surface area contributed by atoms with Gasteiger partial charge in [-0.05, 0) is 56.6 Å². The zero-order chi connectivity index (χ0) is 11.8. The Kier molecular flexibility index (Phi) is 2.87. The van der Waals surface area contributed by atoms with Crippen LogP contribution in [0.3, 0.4) is 0 Å². The Hall–Kier alpha value is -0.960. The topological polar surface area (TPSA) is 24.9 Å².